The molecule has 1 aliphatic heterocycles. The molecule has 0 unspecified atom stereocenters. The molecule has 1 saturated heterocycles. The third-order valence-electron chi connectivity index (χ3n) is 5.36. The van der Waals surface area contributed by atoms with E-state index in [1.165, 1.54) is 0 Å². The number of rotatable bonds is 5. The molecule has 2 aliphatic rings. The van der Waals surface area contributed by atoms with E-state index >= 15 is 0 Å². The fraction of sp³-hybridized carbons (Fsp3) is 0.579. The van der Waals surface area contributed by atoms with Crippen molar-refractivity contribution in [2.75, 3.05) is 25.0 Å². The maximum absolute atomic E-state index is 12.2. The number of benzene rings is 1. The minimum atomic E-state index is -3.12. The molecule has 0 aromatic heterocycles. The van der Waals surface area contributed by atoms with Crippen LogP contribution in [-0.2, 0) is 19.6 Å². The second kappa shape index (κ2) is 7.98. The molecule has 1 heterocycles. The Morgan fingerprint density at radius 1 is 1.04 bits per heavy atom. The third kappa shape index (κ3) is 4.68. The standard InChI is InChI=1S/C19H27N3O4S/c1-13-4-3-5-14(2)17(13)21-19(24)18(23)20-12-15-8-10-22(11-9-15)27(25,26)16-6-7-16/h3-5,15-16H,6-12H2,1-2H3,(H,20,23)(H,21,24). The molecule has 2 N–H and O–H groups in total. The summed E-state index contributed by atoms with van der Waals surface area (Å²) in [7, 11) is -3.12. The first-order valence-corrected chi connectivity index (χ1v) is 10.9. The lowest BCUT2D eigenvalue weighted by Crippen LogP contribution is -2.44. The van der Waals surface area contributed by atoms with E-state index in [0.29, 0.717) is 38.2 Å². The van der Waals surface area contributed by atoms with Crippen LogP contribution in [0, 0.1) is 19.8 Å². The smallest absolute Gasteiger partial charge is 0.313 e. The number of nitrogens with one attached hydrogen (secondary N) is 2. The lowest BCUT2D eigenvalue weighted by Gasteiger charge is -2.31. The van der Waals surface area contributed by atoms with Gasteiger partial charge in [-0.1, -0.05) is 18.2 Å². The molecule has 1 saturated carbocycles. The predicted octanol–water partition coefficient (Wildman–Crippen LogP) is 1.56. The second-order valence-electron chi connectivity index (χ2n) is 7.52. The Hall–Kier alpha value is -1.93. The van der Waals surface area contributed by atoms with Gasteiger partial charge in [0, 0.05) is 25.3 Å². The maximum Gasteiger partial charge on any atom is 0.313 e. The highest BCUT2D eigenvalue weighted by Gasteiger charge is 2.41. The van der Waals surface area contributed by atoms with E-state index in [4.69, 9.17) is 0 Å². The van der Waals surface area contributed by atoms with Crippen molar-refractivity contribution in [2.24, 2.45) is 5.92 Å². The van der Waals surface area contributed by atoms with Crippen LogP contribution in [0.15, 0.2) is 18.2 Å². The second-order valence-corrected chi connectivity index (χ2v) is 9.73. The topological polar surface area (TPSA) is 95.6 Å². The average Bonchev–Trinajstić information content (AvgIpc) is 3.49. The van der Waals surface area contributed by atoms with Crippen molar-refractivity contribution in [3.05, 3.63) is 29.3 Å². The Kier molecular flexibility index (Phi) is 5.86. The zero-order chi connectivity index (χ0) is 19.6. The van der Waals surface area contributed by atoms with Gasteiger partial charge in [0.2, 0.25) is 10.0 Å². The van der Waals surface area contributed by atoms with Gasteiger partial charge >= 0.3 is 11.8 Å². The van der Waals surface area contributed by atoms with Gasteiger partial charge in [-0.2, -0.15) is 0 Å². The summed E-state index contributed by atoms with van der Waals surface area (Å²) in [4.78, 5) is 24.2. The highest BCUT2D eigenvalue weighted by Crippen LogP contribution is 2.33. The molecule has 1 aromatic rings. The number of amides is 2. The number of sulfonamides is 1. The predicted molar refractivity (Wildman–Crippen MR) is 104 cm³/mol. The van der Waals surface area contributed by atoms with Crippen LogP contribution in [0.2, 0.25) is 0 Å². The van der Waals surface area contributed by atoms with Gasteiger partial charge in [0.1, 0.15) is 0 Å². The molecule has 8 heteroatoms. The highest BCUT2D eigenvalue weighted by atomic mass is 32.2. The van der Waals surface area contributed by atoms with Crippen LogP contribution >= 0.6 is 0 Å². The van der Waals surface area contributed by atoms with Crippen molar-refractivity contribution in [2.45, 2.75) is 44.8 Å². The molecule has 2 amide bonds. The zero-order valence-electron chi connectivity index (χ0n) is 15.8. The van der Waals surface area contributed by atoms with E-state index in [0.717, 1.165) is 24.0 Å². The average molecular weight is 394 g/mol. The Bertz CT molecular complexity index is 805. The van der Waals surface area contributed by atoms with E-state index in [1.54, 1.807) is 4.31 Å². The summed E-state index contributed by atoms with van der Waals surface area (Å²) < 4.78 is 26.1. The minimum absolute atomic E-state index is 0.178. The van der Waals surface area contributed by atoms with Gasteiger partial charge in [-0.25, -0.2) is 12.7 Å². The quantitative estimate of drug-likeness (QED) is 0.742. The van der Waals surface area contributed by atoms with Crippen LogP contribution in [0.1, 0.15) is 36.8 Å². The lowest BCUT2D eigenvalue weighted by atomic mass is 9.98. The monoisotopic (exact) mass is 393 g/mol. The van der Waals surface area contributed by atoms with Gasteiger partial charge in [-0.15, -0.1) is 0 Å². The Labute approximate surface area is 160 Å². The van der Waals surface area contributed by atoms with Crippen molar-refractivity contribution in [1.29, 1.82) is 0 Å². The minimum Gasteiger partial charge on any atom is -0.348 e. The molecule has 7 nitrogen and oxygen atoms in total. The fourth-order valence-electron chi connectivity index (χ4n) is 3.44. The molecule has 148 valence electrons. The fourth-order valence-corrected chi connectivity index (χ4v) is 5.32. The van der Waals surface area contributed by atoms with Crippen molar-refractivity contribution in [3.8, 4) is 0 Å². The van der Waals surface area contributed by atoms with Crippen LogP contribution in [0.5, 0.6) is 0 Å². The molecule has 0 bridgehead atoms. The Morgan fingerprint density at radius 2 is 1.63 bits per heavy atom. The normalized spacial score (nSPS) is 18.9. The lowest BCUT2D eigenvalue weighted by molar-refractivity contribution is -0.136. The molecule has 1 aromatic carbocycles. The number of aryl methyl sites for hydroxylation is 2. The third-order valence-corrected chi connectivity index (χ3v) is 7.75. The van der Waals surface area contributed by atoms with E-state index in [1.807, 2.05) is 32.0 Å². The van der Waals surface area contributed by atoms with Gasteiger partial charge in [0.15, 0.2) is 0 Å². The number of anilines is 1. The summed E-state index contributed by atoms with van der Waals surface area (Å²) in [5.74, 6) is -1.15. The maximum atomic E-state index is 12.2. The molecule has 0 atom stereocenters. The molecule has 1 aliphatic carbocycles. The first-order chi connectivity index (χ1) is 12.8. The number of carbonyl (C=O) groups is 2. The number of carbonyl (C=O) groups excluding carboxylic acids is 2. The van der Waals surface area contributed by atoms with Gasteiger partial charge in [0.25, 0.3) is 0 Å². The van der Waals surface area contributed by atoms with Gasteiger partial charge in [-0.05, 0) is 56.6 Å². The summed E-state index contributed by atoms with van der Waals surface area (Å²) in [6, 6.07) is 5.66. The summed E-state index contributed by atoms with van der Waals surface area (Å²) in [5, 5.41) is 5.18. The van der Waals surface area contributed by atoms with Crippen molar-refractivity contribution < 1.29 is 18.0 Å². The van der Waals surface area contributed by atoms with Crippen LogP contribution in [0.25, 0.3) is 0 Å². The van der Waals surface area contributed by atoms with Crippen LogP contribution in [0.3, 0.4) is 0 Å². The summed E-state index contributed by atoms with van der Waals surface area (Å²) in [6.45, 7) is 5.13. The van der Waals surface area contributed by atoms with Crippen LogP contribution in [-0.4, -0.2) is 49.4 Å². The molecule has 0 spiro atoms. The first kappa shape index (κ1) is 19.8. The molecule has 3 rings (SSSR count). The largest absolute Gasteiger partial charge is 0.348 e. The number of piperidine rings is 1. The molecular weight excluding hydrogens is 366 g/mol. The van der Waals surface area contributed by atoms with E-state index in [-0.39, 0.29) is 11.2 Å². The number of hydrogen-bond acceptors (Lipinski definition) is 4. The first-order valence-electron chi connectivity index (χ1n) is 9.43. The Balaban J connectivity index is 1.45. The highest BCUT2D eigenvalue weighted by molar-refractivity contribution is 7.90. The number of para-hydroxylation sites is 1. The summed E-state index contributed by atoms with van der Waals surface area (Å²) in [5.41, 5.74) is 2.47. The van der Waals surface area contributed by atoms with Crippen LogP contribution in [0.4, 0.5) is 5.69 Å². The number of hydrogen-bond donors (Lipinski definition) is 2. The Morgan fingerprint density at radius 3 is 2.19 bits per heavy atom. The van der Waals surface area contributed by atoms with Gasteiger partial charge in [-0.3, -0.25) is 9.59 Å². The molecule has 2 fully saturated rings. The van der Waals surface area contributed by atoms with Crippen molar-refractivity contribution in [3.63, 3.8) is 0 Å². The van der Waals surface area contributed by atoms with E-state index in [9.17, 15) is 18.0 Å². The van der Waals surface area contributed by atoms with E-state index < -0.39 is 21.8 Å². The summed E-state index contributed by atoms with van der Waals surface area (Å²) >= 11 is 0. The summed E-state index contributed by atoms with van der Waals surface area (Å²) in [6.07, 6.45) is 2.94. The molecule has 0 radical (unpaired) electrons. The van der Waals surface area contributed by atoms with Gasteiger partial charge in [0.05, 0.1) is 5.25 Å². The molecular formula is C19H27N3O4S. The van der Waals surface area contributed by atoms with E-state index in [2.05, 4.69) is 10.6 Å². The zero-order valence-corrected chi connectivity index (χ0v) is 16.6. The van der Waals surface area contributed by atoms with Crippen molar-refractivity contribution >= 4 is 27.5 Å². The number of nitrogens with zero attached hydrogens (tertiary/aromatic N) is 1. The SMILES string of the molecule is Cc1cccc(C)c1NC(=O)C(=O)NCC1CCN(S(=O)(=O)C2CC2)CC1. The molecule has 27 heavy (non-hydrogen) atoms. The van der Waals surface area contributed by atoms with Gasteiger partial charge < -0.3 is 10.6 Å². The van der Waals surface area contributed by atoms with Crippen LogP contribution < -0.4 is 10.6 Å². The van der Waals surface area contributed by atoms with Crippen molar-refractivity contribution in [1.82, 2.24) is 9.62 Å².